The minimum Gasteiger partial charge on any atom is -0.493 e. The minimum atomic E-state index is -0.452. The van der Waals surface area contributed by atoms with E-state index in [1.165, 1.54) is 0 Å². The van der Waals surface area contributed by atoms with Crippen molar-refractivity contribution in [2.45, 2.75) is 13.8 Å². The van der Waals surface area contributed by atoms with E-state index in [0.29, 0.717) is 17.1 Å². The molecule has 0 saturated heterocycles. The normalized spacial score (nSPS) is 16.6. The number of Topliss-reactive ketones (excluding diaryl/α,β-unsaturated/α-hetero) is 1. The molecule has 1 aromatic carbocycles. The summed E-state index contributed by atoms with van der Waals surface area (Å²) in [5, 5.41) is 0. The van der Waals surface area contributed by atoms with E-state index < -0.39 is 5.41 Å². The monoisotopic (exact) mass is 232 g/mol. The molecule has 3 nitrogen and oxygen atoms in total. The number of rotatable bonds is 2. The third kappa shape index (κ3) is 1.82. The van der Waals surface area contributed by atoms with Gasteiger partial charge in [0.2, 0.25) is 0 Å². The van der Waals surface area contributed by atoms with Crippen LogP contribution in [0, 0.1) is 5.41 Å². The standard InChI is InChI=1S/C14H16O3/c1-14(2)6-5-9-7-11(16-3)12(17-4)8-10(9)13(14)15/h5-8H,1-4H3. The van der Waals surface area contributed by atoms with Crippen LogP contribution in [-0.4, -0.2) is 20.0 Å². The zero-order valence-corrected chi connectivity index (χ0v) is 10.5. The number of methoxy groups -OCH3 is 2. The van der Waals surface area contributed by atoms with E-state index in [1.807, 2.05) is 32.1 Å². The molecule has 1 aromatic rings. The summed E-state index contributed by atoms with van der Waals surface area (Å²) in [6.45, 7) is 3.82. The maximum Gasteiger partial charge on any atom is 0.172 e. The summed E-state index contributed by atoms with van der Waals surface area (Å²) in [4.78, 5) is 12.3. The Morgan fingerprint density at radius 1 is 1.06 bits per heavy atom. The summed E-state index contributed by atoms with van der Waals surface area (Å²) < 4.78 is 10.4. The first kappa shape index (κ1) is 11.7. The van der Waals surface area contributed by atoms with Crippen LogP contribution in [0.25, 0.3) is 6.08 Å². The zero-order valence-electron chi connectivity index (χ0n) is 10.5. The molecule has 0 unspecified atom stereocenters. The lowest BCUT2D eigenvalue weighted by molar-refractivity contribution is 0.0883. The van der Waals surface area contributed by atoms with Gasteiger partial charge in [0.05, 0.1) is 14.2 Å². The summed E-state index contributed by atoms with van der Waals surface area (Å²) in [6.07, 6.45) is 3.88. The first-order chi connectivity index (χ1) is 7.99. The van der Waals surface area contributed by atoms with Crippen molar-refractivity contribution >= 4 is 11.9 Å². The average Bonchev–Trinajstić information content (AvgIpc) is 2.33. The van der Waals surface area contributed by atoms with Crippen LogP contribution in [0.2, 0.25) is 0 Å². The fourth-order valence-corrected chi connectivity index (χ4v) is 1.95. The predicted octanol–water partition coefficient (Wildman–Crippen LogP) is 2.94. The highest BCUT2D eigenvalue weighted by atomic mass is 16.5. The van der Waals surface area contributed by atoms with E-state index in [9.17, 15) is 4.79 Å². The molecule has 0 radical (unpaired) electrons. The highest BCUT2D eigenvalue weighted by Gasteiger charge is 2.31. The molecule has 0 spiro atoms. The van der Waals surface area contributed by atoms with Gasteiger partial charge in [-0.15, -0.1) is 0 Å². The highest BCUT2D eigenvalue weighted by molar-refractivity contribution is 6.07. The molecule has 0 amide bonds. The van der Waals surface area contributed by atoms with Gasteiger partial charge in [-0.2, -0.15) is 0 Å². The van der Waals surface area contributed by atoms with E-state index in [-0.39, 0.29) is 5.78 Å². The van der Waals surface area contributed by atoms with Crippen molar-refractivity contribution in [2.24, 2.45) is 5.41 Å². The Bertz CT molecular complexity index is 498. The van der Waals surface area contributed by atoms with E-state index in [0.717, 1.165) is 5.56 Å². The predicted molar refractivity (Wildman–Crippen MR) is 66.7 cm³/mol. The number of carbonyl (C=O) groups excluding carboxylic acids is 1. The number of ketones is 1. The first-order valence-electron chi connectivity index (χ1n) is 5.49. The molecule has 0 fully saturated rings. The quantitative estimate of drug-likeness (QED) is 0.786. The molecule has 0 saturated carbocycles. The molecular weight excluding hydrogens is 216 g/mol. The minimum absolute atomic E-state index is 0.107. The number of ether oxygens (including phenoxy) is 2. The second kappa shape index (κ2) is 3.91. The Labute approximate surface area is 101 Å². The van der Waals surface area contributed by atoms with Gasteiger partial charge in [0.15, 0.2) is 17.3 Å². The van der Waals surface area contributed by atoms with Crippen LogP contribution >= 0.6 is 0 Å². The number of fused-ring (bicyclic) bond motifs is 1. The third-order valence-electron chi connectivity index (χ3n) is 3.07. The van der Waals surface area contributed by atoms with Crippen LogP contribution in [0.3, 0.4) is 0 Å². The lowest BCUT2D eigenvalue weighted by Crippen LogP contribution is -2.25. The maximum absolute atomic E-state index is 12.3. The van der Waals surface area contributed by atoms with E-state index in [1.54, 1.807) is 20.3 Å². The van der Waals surface area contributed by atoms with Crippen molar-refractivity contribution in [2.75, 3.05) is 14.2 Å². The van der Waals surface area contributed by atoms with Crippen molar-refractivity contribution < 1.29 is 14.3 Å². The van der Waals surface area contributed by atoms with Crippen LogP contribution in [-0.2, 0) is 0 Å². The smallest absolute Gasteiger partial charge is 0.172 e. The summed E-state index contributed by atoms with van der Waals surface area (Å²) >= 11 is 0. The first-order valence-corrected chi connectivity index (χ1v) is 5.49. The van der Waals surface area contributed by atoms with Crippen molar-refractivity contribution in [3.05, 3.63) is 29.3 Å². The molecule has 0 aliphatic heterocycles. The number of hydrogen-bond donors (Lipinski definition) is 0. The van der Waals surface area contributed by atoms with Gasteiger partial charge in [0, 0.05) is 11.0 Å². The third-order valence-corrected chi connectivity index (χ3v) is 3.07. The number of hydrogen-bond acceptors (Lipinski definition) is 3. The molecular formula is C14H16O3. The van der Waals surface area contributed by atoms with Crippen molar-refractivity contribution in [3.8, 4) is 11.5 Å². The molecule has 1 aliphatic carbocycles. The average molecular weight is 232 g/mol. The fourth-order valence-electron chi connectivity index (χ4n) is 1.95. The molecule has 0 heterocycles. The van der Waals surface area contributed by atoms with E-state index in [2.05, 4.69) is 0 Å². The van der Waals surface area contributed by atoms with Crippen LogP contribution < -0.4 is 9.47 Å². The highest BCUT2D eigenvalue weighted by Crippen LogP contribution is 2.38. The van der Waals surface area contributed by atoms with Gasteiger partial charge in [-0.25, -0.2) is 0 Å². The summed E-state index contributed by atoms with van der Waals surface area (Å²) in [5.41, 5.74) is 1.12. The summed E-state index contributed by atoms with van der Waals surface area (Å²) in [7, 11) is 3.15. The Balaban J connectivity index is 2.61. The van der Waals surface area contributed by atoms with Gasteiger partial charge in [-0.3, -0.25) is 4.79 Å². The molecule has 0 N–H and O–H groups in total. The largest absolute Gasteiger partial charge is 0.493 e. The Kier molecular flexibility index (Phi) is 2.69. The van der Waals surface area contributed by atoms with Crippen LogP contribution in [0.15, 0.2) is 18.2 Å². The number of benzene rings is 1. The summed E-state index contributed by atoms with van der Waals surface area (Å²) in [5.74, 6) is 1.34. The molecule has 90 valence electrons. The Morgan fingerprint density at radius 3 is 2.24 bits per heavy atom. The van der Waals surface area contributed by atoms with E-state index in [4.69, 9.17) is 9.47 Å². The summed E-state index contributed by atoms with van der Waals surface area (Å²) in [6, 6.07) is 3.58. The van der Waals surface area contributed by atoms with Gasteiger partial charge in [0.25, 0.3) is 0 Å². The Hall–Kier alpha value is -1.77. The fraction of sp³-hybridized carbons (Fsp3) is 0.357. The zero-order chi connectivity index (χ0) is 12.6. The van der Waals surface area contributed by atoms with Gasteiger partial charge in [0.1, 0.15) is 0 Å². The molecule has 0 atom stereocenters. The second-order valence-corrected chi connectivity index (χ2v) is 4.68. The molecule has 0 aromatic heterocycles. The molecule has 17 heavy (non-hydrogen) atoms. The van der Waals surface area contributed by atoms with Crippen molar-refractivity contribution in [3.63, 3.8) is 0 Å². The van der Waals surface area contributed by atoms with Gasteiger partial charge in [-0.05, 0) is 31.5 Å². The van der Waals surface area contributed by atoms with Crippen molar-refractivity contribution in [1.82, 2.24) is 0 Å². The molecule has 0 bridgehead atoms. The van der Waals surface area contributed by atoms with Crippen LogP contribution in [0.1, 0.15) is 29.8 Å². The van der Waals surface area contributed by atoms with Gasteiger partial charge < -0.3 is 9.47 Å². The maximum atomic E-state index is 12.3. The SMILES string of the molecule is COc1cc2c(cc1OC)C(=O)C(C)(C)C=C2. The lowest BCUT2D eigenvalue weighted by Gasteiger charge is -2.25. The van der Waals surface area contributed by atoms with Crippen LogP contribution in [0.5, 0.6) is 11.5 Å². The molecule has 3 heteroatoms. The van der Waals surface area contributed by atoms with E-state index >= 15 is 0 Å². The Morgan fingerprint density at radius 2 is 1.65 bits per heavy atom. The molecule has 2 rings (SSSR count). The second-order valence-electron chi connectivity index (χ2n) is 4.68. The van der Waals surface area contributed by atoms with Crippen molar-refractivity contribution in [1.29, 1.82) is 0 Å². The number of carbonyl (C=O) groups is 1. The topological polar surface area (TPSA) is 35.5 Å². The number of allylic oxidation sites excluding steroid dienone is 1. The van der Waals surface area contributed by atoms with Gasteiger partial charge in [-0.1, -0.05) is 12.2 Å². The lowest BCUT2D eigenvalue weighted by atomic mass is 9.78. The molecule has 1 aliphatic rings. The van der Waals surface area contributed by atoms with Crippen LogP contribution in [0.4, 0.5) is 0 Å². The van der Waals surface area contributed by atoms with Gasteiger partial charge >= 0.3 is 0 Å².